The zero-order chi connectivity index (χ0) is 17.6. The van der Waals surface area contributed by atoms with Crippen molar-refractivity contribution in [3.8, 4) is 0 Å². The van der Waals surface area contributed by atoms with E-state index in [1.165, 1.54) is 18.2 Å². The standard InChI is InChI=1S/C17H26N2O4S/c1-2-11-18-16-10-9-14(12-15(16)17(20)21)24(22,23)19-13-7-5-3-4-6-8-13/h9-10,12-13,18-19H,2-8,11H2,1H3,(H,20,21). The van der Waals surface area contributed by atoms with Gasteiger partial charge in [-0.25, -0.2) is 17.9 Å². The van der Waals surface area contributed by atoms with Gasteiger partial charge in [0.1, 0.15) is 0 Å². The molecule has 0 saturated heterocycles. The topological polar surface area (TPSA) is 95.5 Å². The van der Waals surface area contributed by atoms with Gasteiger partial charge in [-0.2, -0.15) is 0 Å². The van der Waals surface area contributed by atoms with Crippen LogP contribution in [0.4, 0.5) is 5.69 Å². The number of aromatic carboxylic acids is 1. The number of carboxylic acid groups (broad SMARTS) is 1. The molecule has 134 valence electrons. The first kappa shape index (κ1) is 18.7. The van der Waals surface area contributed by atoms with Gasteiger partial charge in [-0.1, -0.05) is 32.6 Å². The van der Waals surface area contributed by atoms with Crippen LogP contribution in [0, 0.1) is 0 Å². The van der Waals surface area contributed by atoms with Gasteiger partial charge in [0.25, 0.3) is 0 Å². The second-order valence-corrected chi connectivity index (χ2v) is 7.96. The van der Waals surface area contributed by atoms with E-state index < -0.39 is 16.0 Å². The average molecular weight is 354 g/mol. The highest BCUT2D eigenvalue weighted by Crippen LogP contribution is 2.23. The van der Waals surface area contributed by atoms with Crippen molar-refractivity contribution in [2.45, 2.75) is 62.8 Å². The molecule has 0 spiro atoms. The van der Waals surface area contributed by atoms with Crippen LogP contribution in [0.2, 0.25) is 0 Å². The number of carbonyl (C=O) groups is 1. The monoisotopic (exact) mass is 354 g/mol. The van der Waals surface area contributed by atoms with E-state index in [0.717, 1.165) is 44.9 Å². The van der Waals surface area contributed by atoms with E-state index in [1.807, 2.05) is 6.92 Å². The fourth-order valence-electron chi connectivity index (χ4n) is 2.97. The van der Waals surface area contributed by atoms with Crippen LogP contribution >= 0.6 is 0 Å². The first-order chi connectivity index (χ1) is 11.4. The van der Waals surface area contributed by atoms with Crippen molar-refractivity contribution in [1.82, 2.24) is 4.72 Å². The van der Waals surface area contributed by atoms with Crippen molar-refractivity contribution in [3.63, 3.8) is 0 Å². The molecule has 0 atom stereocenters. The molecule has 0 heterocycles. The number of sulfonamides is 1. The number of hydrogen-bond donors (Lipinski definition) is 3. The Morgan fingerprint density at radius 2 is 1.88 bits per heavy atom. The first-order valence-corrected chi connectivity index (χ1v) is 10.1. The summed E-state index contributed by atoms with van der Waals surface area (Å²) in [4.78, 5) is 11.5. The Bertz CT molecular complexity index is 665. The Morgan fingerprint density at radius 3 is 2.46 bits per heavy atom. The molecular formula is C17H26N2O4S. The highest BCUT2D eigenvalue weighted by molar-refractivity contribution is 7.89. The number of nitrogens with one attached hydrogen (secondary N) is 2. The second kappa shape index (κ2) is 8.48. The minimum absolute atomic E-state index is 0.00574. The van der Waals surface area contributed by atoms with Gasteiger partial charge in [0.15, 0.2) is 0 Å². The number of rotatable bonds is 7. The van der Waals surface area contributed by atoms with Crippen LogP contribution in [-0.4, -0.2) is 32.1 Å². The van der Waals surface area contributed by atoms with Crippen LogP contribution in [-0.2, 0) is 10.0 Å². The minimum atomic E-state index is -3.71. The summed E-state index contributed by atoms with van der Waals surface area (Å²) in [5.41, 5.74) is 0.421. The molecule has 6 nitrogen and oxygen atoms in total. The number of benzene rings is 1. The molecule has 0 amide bonds. The molecule has 0 radical (unpaired) electrons. The van der Waals surface area contributed by atoms with Gasteiger partial charge in [0, 0.05) is 18.3 Å². The summed E-state index contributed by atoms with van der Waals surface area (Å²) in [6.07, 6.45) is 6.84. The molecule has 24 heavy (non-hydrogen) atoms. The zero-order valence-corrected chi connectivity index (χ0v) is 14.9. The molecular weight excluding hydrogens is 328 g/mol. The molecule has 1 aromatic rings. The van der Waals surface area contributed by atoms with Gasteiger partial charge in [0.2, 0.25) is 10.0 Å². The van der Waals surface area contributed by atoms with Crippen LogP contribution < -0.4 is 10.0 Å². The molecule has 7 heteroatoms. The van der Waals surface area contributed by atoms with Gasteiger partial charge >= 0.3 is 5.97 Å². The van der Waals surface area contributed by atoms with E-state index in [0.29, 0.717) is 12.2 Å². The lowest BCUT2D eigenvalue weighted by molar-refractivity contribution is 0.0697. The Labute approximate surface area is 143 Å². The van der Waals surface area contributed by atoms with E-state index >= 15 is 0 Å². The highest BCUT2D eigenvalue weighted by Gasteiger charge is 2.23. The van der Waals surface area contributed by atoms with Gasteiger partial charge < -0.3 is 10.4 Å². The van der Waals surface area contributed by atoms with E-state index in [-0.39, 0.29) is 16.5 Å². The summed E-state index contributed by atoms with van der Waals surface area (Å²) in [6, 6.07) is 4.16. The van der Waals surface area contributed by atoms with Crippen LogP contribution in [0.25, 0.3) is 0 Å². The summed E-state index contributed by atoms with van der Waals surface area (Å²) >= 11 is 0. The molecule has 1 aliphatic rings. The Balaban J connectivity index is 2.22. The van der Waals surface area contributed by atoms with Crippen molar-refractivity contribution in [3.05, 3.63) is 23.8 Å². The molecule has 1 saturated carbocycles. The molecule has 0 aromatic heterocycles. The lowest BCUT2D eigenvalue weighted by Gasteiger charge is -2.17. The smallest absolute Gasteiger partial charge is 0.337 e. The van der Waals surface area contributed by atoms with Crippen molar-refractivity contribution in [2.24, 2.45) is 0 Å². The maximum absolute atomic E-state index is 12.6. The van der Waals surface area contributed by atoms with Gasteiger partial charge in [-0.15, -0.1) is 0 Å². The summed E-state index contributed by atoms with van der Waals surface area (Å²) in [5, 5.41) is 12.4. The van der Waals surface area contributed by atoms with E-state index in [1.54, 1.807) is 0 Å². The number of carboxylic acids is 1. The van der Waals surface area contributed by atoms with Gasteiger partial charge in [-0.3, -0.25) is 0 Å². The third-order valence-corrected chi connectivity index (χ3v) is 5.79. The Hall–Kier alpha value is -1.60. The molecule has 1 aliphatic carbocycles. The molecule has 3 N–H and O–H groups in total. The minimum Gasteiger partial charge on any atom is -0.478 e. The number of anilines is 1. The van der Waals surface area contributed by atoms with Crippen molar-refractivity contribution >= 4 is 21.7 Å². The maximum atomic E-state index is 12.6. The first-order valence-electron chi connectivity index (χ1n) is 8.57. The van der Waals surface area contributed by atoms with Gasteiger partial charge in [-0.05, 0) is 37.5 Å². The molecule has 1 fully saturated rings. The quantitative estimate of drug-likeness (QED) is 0.654. The molecule has 2 rings (SSSR count). The van der Waals surface area contributed by atoms with Crippen LogP contribution in [0.3, 0.4) is 0 Å². The summed E-state index contributed by atoms with van der Waals surface area (Å²) in [6.45, 7) is 2.61. The molecule has 1 aromatic carbocycles. The summed E-state index contributed by atoms with van der Waals surface area (Å²) in [5.74, 6) is -1.14. The van der Waals surface area contributed by atoms with Crippen molar-refractivity contribution in [1.29, 1.82) is 0 Å². The number of hydrogen-bond acceptors (Lipinski definition) is 4. The van der Waals surface area contributed by atoms with Crippen molar-refractivity contribution in [2.75, 3.05) is 11.9 Å². The van der Waals surface area contributed by atoms with Crippen LogP contribution in [0.5, 0.6) is 0 Å². The predicted octanol–water partition coefficient (Wildman–Crippen LogP) is 3.21. The largest absolute Gasteiger partial charge is 0.478 e. The second-order valence-electron chi connectivity index (χ2n) is 6.25. The normalized spacial score (nSPS) is 16.5. The maximum Gasteiger partial charge on any atom is 0.337 e. The zero-order valence-electron chi connectivity index (χ0n) is 14.0. The SMILES string of the molecule is CCCNc1ccc(S(=O)(=O)NC2CCCCCC2)cc1C(=O)O. The molecule has 0 unspecified atom stereocenters. The van der Waals surface area contributed by atoms with Crippen molar-refractivity contribution < 1.29 is 18.3 Å². The average Bonchev–Trinajstić information content (AvgIpc) is 2.80. The third kappa shape index (κ3) is 4.95. The van der Waals surface area contributed by atoms with E-state index in [9.17, 15) is 18.3 Å². The van der Waals surface area contributed by atoms with Gasteiger partial charge in [0.05, 0.1) is 10.5 Å². The summed E-state index contributed by atoms with van der Waals surface area (Å²) < 4.78 is 27.9. The fraction of sp³-hybridized carbons (Fsp3) is 0.588. The van der Waals surface area contributed by atoms with Crippen LogP contribution in [0.15, 0.2) is 23.1 Å². The Morgan fingerprint density at radius 1 is 1.21 bits per heavy atom. The lowest BCUT2D eigenvalue weighted by Crippen LogP contribution is -2.34. The highest BCUT2D eigenvalue weighted by atomic mass is 32.2. The third-order valence-electron chi connectivity index (χ3n) is 4.27. The molecule has 0 bridgehead atoms. The summed E-state index contributed by atoms with van der Waals surface area (Å²) in [7, 11) is -3.71. The lowest BCUT2D eigenvalue weighted by atomic mass is 10.1. The van der Waals surface area contributed by atoms with Crippen LogP contribution in [0.1, 0.15) is 62.2 Å². The Kier molecular flexibility index (Phi) is 6.62. The van der Waals surface area contributed by atoms with E-state index in [4.69, 9.17) is 0 Å². The van der Waals surface area contributed by atoms with E-state index in [2.05, 4.69) is 10.0 Å². The molecule has 0 aliphatic heterocycles. The fourth-order valence-corrected chi connectivity index (χ4v) is 4.30. The predicted molar refractivity (Wildman–Crippen MR) is 94.0 cm³/mol.